The number of hydrogen-bond acceptors (Lipinski definition) is 11. The van der Waals surface area contributed by atoms with Crippen LogP contribution < -0.4 is 14.9 Å². The molecule has 4 fully saturated rings. The van der Waals surface area contributed by atoms with Crippen molar-refractivity contribution >= 4 is 48.9 Å². The summed E-state index contributed by atoms with van der Waals surface area (Å²) in [4.78, 5) is 18.3. The van der Waals surface area contributed by atoms with Crippen LogP contribution in [0.25, 0.3) is 0 Å². The molecule has 11 nitrogen and oxygen atoms in total. The number of halogens is 6. The fraction of sp³-hybridized carbons (Fsp3) is 0.543. The van der Waals surface area contributed by atoms with E-state index in [1.807, 2.05) is 40.0 Å². The lowest BCUT2D eigenvalue weighted by molar-refractivity contribution is -0.353. The molecule has 362 valence electrons. The molecular weight excluding hydrogens is 929 g/mol. The number of rotatable bonds is 17. The van der Waals surface area contributed by atoms with Crippen LogP contribution in [-0.4, -0.2) is 114 Å². The van der Waals surface area contributed by atoms with Crippen molar-refractivity contribution < 1.29 is 53.1 Å². The first-order valence-corrected chi connectivity index (χ1v) is 25.8. The average Bonchev–Trinajstić information content (AvgIpc) is 3.20. The molecule has 0 aromatic heterocycles. The van der Waals surface area contributed by atoms with Gasteiger partial charge in [-0.15, -0.1) is 11.8 Å². The van der Waals surface area contributed by atoms with Gasteiger partial charge in [0.25, 0.3) is 25.8 Å². The number of piperazine rings is 1. The van der Waals surface area contributed by atoms with E-state index in [9.17, 15) is 53.1 Å². The number of hydrogen-bond donors (Lipinski definition) is 3. The summed E-state index contributed by atoms with van der Waals surface area (Å²) >= 11 is 1.44. The molecular formula is C46H57F6N5O6S3. The number of carbonyl (C=O) groups is 1. The first kappa shape index (κ1) is 50.1. The Bertz CT molecular complexity index is 2490. The van der Waals surface area contributed by atoms with Gasteiger partial charge in [-0.25, -0.2) is 21.6 Å². The lowest BCUT2D eigenvalue weighted by Gasteiger charge is -2.72. The van der Waals surface area contributed by atoms with Crippen LogP contribution >= 0.6 is 11.8 Å². The molecule has 0 radical (unpaired) electrons. The van der Waals surface area contributed by atoms with Crippen LogP contribution in [0.3, 0.4) is 0 Å². The van der Waals surface area contributed by atoms with Gasteiger partial charge in [-0.1, -0.05) is 43.2 Å². The van der Waals surface area contributed by atoms with E-state index in [4.69, 9.17) is 0 Å². The van der Waals surface area contributed by atoms with Gasteiger partial charge in [0.15, 0.2) is 0 Å². The smallest absolute Gasteiger partial charge is 0.395 e. The monoisotopic (exact) mass is 985 g/mol. The minimum atomic E-state index is -6.09. The molecule has 4 aliphatic carbocycles. The first-order chi connectivity index (χ1) is 30.8. The summed E-state index contributed by atoms with van der Waals surface area (Å²) in [6.07, 6.45) is -0.604. The molecule has 0 spiro atoms. The van der Waals surface area contributed by atoms with Crippen LogP contribution in [0.1, 0.15) is 76.1 Å². The number of alkyl halides is 6. The number of aliphatic hydroxyl groups is 1. The topological polar surface area (TPSA) is 139 Å². The maximum Gasteiger partial charge on any atom is 0.501 e. The largest absolute Gasteiger partial charge is 0.501 e. The summed E-state index contributed by atoms with van der Waals surface area (Å²) in [6, 6.07) is 17.0. The molecule has 66 heavy (non-hydrogen) atoms. The van der Waals surface area contributed by atoms with Crippen LogP contribution in [0.2, 0.25) is 0 Å². The van der Waals surface area contributed by atoms with Crippen molar-refractivity contribution in [3.63, 3.8) is 0 Å². The third-order valence-electron chi connectivity index (χ3n) is 13.7. The Morgan fingerprint density at radius 1 is 0.909 bits per heavy atom. The van der Waals surface area contributed by atoms with Gasteiger partial charge in [0.2, 0.25) is 0 Å². The van der Waals surface area contributed by atoms with Gasteiger partial charge in [0, 0.05) is 61.5 Å². The summed E-state index contributed by atoms with van der Waals surface area (Å²) in [5, 5.41) is 12.1. The van der Waals surface area contributed by atoms with Crippen molar-refractivity contribution in [3.05, 3.63) is 89.5 Å². The molecule has 3 aromatic carbocycles. The highest BCUT2D eigenvalue weighted by atomic mass is 32.2. The average molecular weight is 986 g/mol. The Balaban J connectivity index is 0.990. The number of carbonyl (C=O) groups excluding carboxylic acids is 1. The SMILES string of the molecule is C[C@H](C[C@H](Sc1ccccc1)N(C)CCO)Nc1ccc(S(=O)(=O)NC(=O)c2ccc(N3CCN(CC4=C(C56CC(C(F)(F)F)(C5)C6)CC(C)(C)CC4)CC3)cc2)cc1S(=O)(=O)C(F)(F)F. The van der Waals surface area contributed by atoms with Crippen molar-refractivity contribution in [1.29, 1.82) is 0 Å². The second-order valence-corrected chi connectivity index (χ2v) is 24.1. The Labute approximate surface area is 387 Å². The van der Waals surface area contributed by atoms with Gasteiger partial charge in [-0.3, -0.25) is 14.6 Å². The van der Waals surface area contributed by atoms with Crippen LogP contribution in [0.4, 0.5) is 37.7 Å². The zero-order valence-electron chi connectivity index (χ0n) is 37.3. The van der Waals surface area contributed by atoms with Crippen molar-refractivity contribution in [2.45, 2.75) is 104 Å². The van der Waals surface area contributed by atoms with Gasteiger partial charge in [-0.05, 0) is 124 Å². The van der Waals surface area contributed by atoms with Crippen LogP contribution in [-0.2, 0) is 19.9 Å². The molecule has 1 saturated heterocycles. The van der Waals surface area contributed by atoms with E-state index >= 15 is 0 Å². The number of allylic oxidation sites excluding steroid dienone is 1. The number of aliphatic hydroxyl groups excluding tert-OH is 1. The third kappa shape index (κ3) is 10.4. The summed E-state index contributed by atoms with van der Waals surface area (Å²) in [7, 11) is -9.22. The Morgan fingerprint density at radius 2 is 1.55 bits per heavy atom. The Morgan fingerprint density at radius 3 is 2.14 bits per heavy atom. The van der Waals surface area contributed by atoms with Crippen molar-refractivity contribution in [2.24, 2.45) is 16.2 Å². The second-order valence-electron chi connectivity index (χ2n) is 19.2. The molecule has 8 rings (SSSR count). The summed E-state index contributed by atoms with van der Waals surface area (Å²) in [6.45, 7) is 9.55. The number of sulfonamides is 1. The van der Waals surface area contributed by atoms with Crippen molar-refractivity contribution in [1.82, 2.24) is 14.5 Å². The van der Waals surface area contributed by atoms with E-state index in [0.717, 1.165) is 42.0 Å². The lowest BCUT2D eigenvalue weighted by atomic mass is 9.31. The highest BCUT2D eigenvalue weighted by Gasteiger charge is 2.79. The number of nitrogens with one attached hydrogen (secondary N) is 2. The van der Waals surface area contributed by atoms with Gasteiger partial charge in [0.05, 0.1) is 28.0 Å². The fourth-order valence-corrected chi connectivity index (χ4v) is 13.3. The number of thioether (sulfide) groups is 1. The molecule has 1 aliphatic heterocycles. The van der Waals surface area contributed by atoms with Gasteiger partial charge >= 0.3 is 11.7 Å². The highest BCUT2D eigenvalue weighted by molar-refractivity contribution is 7.99. The minimum Gasteiger partial charge on any atom is -0.395 e. The summed E-state index contributed by atoms with van der Waals surface area (Å²) < 4.78 is 138. The van der Waals surface area contributed by atoms with Crippen molar-refractivity contribution in [2.75, 3.05) is 63.1 Å². The first-order valence-electron chi connectivity index (χ1n) is 21.9. The molecule has 0 unspecified atom stereocenters. The van der Waals surface area contributed by atoms with Gasteiger partial charge in [0.1, 0.15) is 4.90 Å². The van der Waals surface area contributed by atoms with Crippen LogP contribution in [0.5, 0.6) is 0 Å². The number of amides is 1. The molecule has 20 heteroatoms. The van der Waals surface area contributed by atoms with Crippen molar-refractivity contribution in [3.8, 4) is 0 Å². The Kier molecular flexibility index (Phi) is 14.1. The Hall–Kier alpha value is -3.82. The standard InChI is InChI=1S/C46H57F6N5O6S3/c1-31(24-40(55(4)22-23-58)64-35-8-6-5-7-9-35)53-38-15-14-36(25-39(38)65(60,61)46(50,51)52)66(62,63)54-41(59)32-10-12-34(13-11-32)57-20-18-56(19-21-57)27-33-16-17-42(2,3)26-37(33)43-28-44(29-43,30-43)45(47,48)49/h5-15,25,31,40,53,58H,16-24,26-30H2,1-4H3,(H,54,59)/t31-,40+,43?,44?/m1/s1. The maximum atomic E-state index is 14.0. The normalized spacial score (nSPS) is 23.5. The highest BCUT2D eigenvalue weighted by Crippen LogP contribution is 2.82. The zero-order valence-corrected chi connectivity index (χ0v) is 39.8. The molecule has 2 atom stereocenters. The second kappa shape index (κ2) is 18.6. The predicted molar refractivity (Wildman–Crippen MR) is 242 cm³/mol. The maximum absolute atomic E-state index is 14.0. The molecule has 3 N–H and O–H groups in total. The van der Waals surface area contributed by atoms with E-state index in [-0.39, 0.29) is 60.6 Å². The molecule has 1 amide bonds. The van der Waals surface area contributed by atoms with E-state index in [0.29, 0.717) is 38.8 Å². The van der Waals surface area contributed by atoms with E-state index in [1.54, 1.807) is 26.1 Å². The molecule has 5 aliphatic rings. The number of sulfone groups is 1. The molecule has 2 bridgehead atoms. The molecule has 3 aromatic rings. The fourth-order valence-electron chi connectivity index (χ4n) is 10.0. The summed E-state index contributed by atoms with van der Waals surface area (Å²) in [5.74, 6) is -1.08. The molecule has 1 heterocycles. The molecule has 3 saturated carbocycles. The quantitative estimate of drug-likeness (QED) is 0.0519. The summed E-state index contributed by atoms with van der Waals surface area (Å²) in [5.41, 5.74) is -4.81. The van der Waals surface area contributed by atoms with Gasteiger partial charge < -0.3 is 15.3 Å². The van der Waals surface area contributed by atoms with Crippen LogP contribution in [0.15, 0.2) is 98.6 Å². The lowest BCUT2D eigenvalue weighted by Crippen LogP contribution is -2.69. The minimum absolute atomic E-state index is 0.0462. The number of anilines is 2. The third-order valence-corrected chi connectivity index (χ3v) is 18.0. The van der Waals surface area contributed by atoms with Crippen LogP contribution in [0, 0.1) is 16.2 Å². The van der Waals surface area contributed by atoms with E-state index < -0.39 is 64.4 Å². The van der Waals surface area contributed by atoms with Gasteiger partial charge in [-0.2, -0.15) is 26.3 Å². The van der Waals surface area contributed by atoms with E-state index in [2.05, 4.69) is 29.0 Å². The predicted octanol–water partition coefficient (Wildman–Crippen LogP) is 8.69. The van der Waals surface area contributed by atoms with E-state index in [1.165, 1.54) is 35.0 Å². The number of benzene rings is 3. The zero-order chi connectivity index (χ0) is 48.1. The number of nitrogens with zero attached hydrogens (tertiary/aromatic N) is 3. The number of likely N-dealkylation sites (N-methyl/N-ethyl adjacent to an activating group) is 1.